The number of ether oxygens (including phenoxy) is 1. The number of Topliss-reactive ketones (excluding diaryl/α,β-unsaturated/α-hetero) is 1. The second-order valence-electron chi connectivity index (χ2n) is 4.64. The molecule has 0 saturated carbocycles. The minimum Gasteiger partial charge on any atom is -0.383 e. The van der Waals surface area contributed by atoms with Crippen LogP contribution in [0.25, 0.3) is 0 Å². The fourth-order valence-corrected chi connectivity index (χ4v) is 2.24. The number of methoxy groups -OCH3 is 1. The van der Waals surface area contributed by atoms with E-state index in [4.69, 9.17) is 16.3 Å². The van der Waals surface area contributed by atoms with E-state index in [0.29, 0.717) is 30.3 Å². The molecule has 0 atom stereocenters. The average Bonchev–Trinajstić information content (AvgIpc) is 2.77. The zero-order chi connectivity index (χ0) is 14.1. The van der Waals surface area contributed by atoms with Crippen molar-refractivity contribution in [3.05, 3.63) is 16.9 Å². The van der Waals surface area contributed by atoms with Gasteiger partial charge in [0.15, 0.2) is 5.78 Å². The highest BCUT2D eigenvalue weighted by Gasteiger charge is 2.16. The molecular formula is C14H23ClN2O2. The van der Waals surface area contributed by atoms with Gasteiger partial charge in [-0.05, 0) is 6.42 Å². The molecular weight excluding hydrogens is 264 g/mol. The van der Waals surface area contributed by atoms with Crippen LogP contribution in [0.5, 0.6) is 0 Å². The first-order valence-corrected chi connectivity index (χ1v) is 7.32. The molecule has 0 unspecified atom stereocenters. The Balaban J connectivity index is 2.48. The molecule has 0 aromatic carbocycles. The van der Waals surface area contributed by atoms with Crippen molar-refractivity contribution in [3.63, 3.8) is 0 Å². The van der Waals surface area contributed by atoms with E-state index < -0.39 is 0 Å². The van der Waals surface area contributed by atoms with Crippen molar-refractivity contribution in [2.75, 3.05) is 13.7 Å². The van der Waals surface area contributed by atoms with E-state index in [1.807, 2.05) is 0 Å². The number of carbonyl (C=O) groups excluding carboxylic acids is 1. The van der Waals surface area contributed by atoms with Crippen LogP contribution in [0.2, 0.25) is 5.02 Å². The van der Waals surface area contributed by atoms with Gasteiger partial charge in [-0.2, -0.15) is 5.10 Å². The lowest BCUT2D eigenvalue weighted by molar-refractivity contribution is 0.0965. The van der Waals surface area contributed by atoms with Crippen LogP contribution in [-0.2, 0) is 11.3 Å². The summed E-state index contributed by atoms with van der Waals surface area (Å²) in [7, 11) is 1.63. The summed E-state index contributed by atoms with van der Waals surface area (Å²) in [5.41, 5.74) is 0.522. The molecule has 0 amide bonds. The van der Waals surface area contributed by atoms with Crippen molar-refractivity contribution >= 4 is 17.4 Å². The molecule has 0 aliphatic rings. The number of halogens is 1. The summed E-state index contributed by atoms with van der Waals surface area (Å²) in [6, 6.07) is 0. The SMILES string of the molecule is CCCCCCCC(=O)c1c(Cl)cnn1CCOC. The van der Waals surface area contributed by atoms with E-state index in [1.165, 1.54) is 25.5 Å². The number of carbonyl (C=O) groups is 1. The summed E-state index contributed by atoms with van der Waals surface area (Å²) in [5.74, 6) is 0.0788. The first kappa shape index (κ1) is 16.2. The van der Waals surface area contributed by atoms with Gasteiger partial charge in [0.25, 0.3) is 0 Å². The zero-order valence-electron chi connectivity index (χ0n) is 11.8. The van der Waals surface area contributed by atoms with E-state index in [1.54, 1.807) is 11.8 Å². The van der Waals surface area contributed by atoms with Gasteiger partial charge in [-0.25, -0.2) is 0 Å². The van der Waals surface area contributed by atoms with Crippen LogP contribution in [0.4, 0.5) is 0 Å². The highest BCUT2D eigenvalue weighted by Crippen LogP contribution is 2.18. The summed E-state index contributed by atoms with van der Waals surface area (Å²) in [6.45, 7) is 3.26. The predicted molar refractivity (Wildman–Crippen MR) is 76.8 cm³/mol. The molecule has 0 aliphatic heterocycles. The number of hydrogen-bond donors (Lipinski definition) is 0. The molecule has 1 heterocycles. The fourth-order valence-electron chi connectivity index (χ4n) is 1.99. The maximum atomic E-state index is 12.2. The Kier molecular flexibility index (Phi) is 7.75. The van der Waals surface area contributed by atoms with E-state index in [9.17, 15) is 4.79 Å². The molecule has 0 N–H and O–H groups in total. The lowest BCUT2D eigenvalue weighted by Gasteiger charge is -2.06. The Morgan fingerprint density at radius 2 is 2.11 bits per heavy atom. The quantitative estimate of drug-likeness (QED) is 0.486. The Morgan fingerprint density at radius 1 is 1.37 bits per heavy atom. The van der Waals surface area contributed by atoms with E-state index in [-0.39, 0.29) is 5.78 Å². The summed E-state index contributed by atoms with van der Waals surface area (Å²) in [5, 5.41) is 4.56. The van der Waals surface area contributed by atoms with Crippen molar-refractivity contribution < 1.29 is 9.53 Å². The van der Waals surface area contributed by atoms with E-state index in [0.717, 1.165) is 12.8 Å². The first-order valence-electron chi connectivity index (χ1n) is 6.94. The summed E-state index contributed by atoms with van der Waals surface area (Å²) >= 11 is 6.04. The highest BCUT2D eigenvalue weighted by molar-refractivity contribution is 6.33. The Morgan fingerprint density at radius 3 is 2.79 bits per heavy atom. The minimum atomic E-state index is 0.0788. The monoisotopic (exact) mass is 286 g/mol. The molecule has 0 radical (unpaired) electrons. The van der Waals surface area contributed by atoms with Gasteiger partial charge in [-0.15, -0.1) is 0 Å². The molecule has 5 heteroatoms. The van der Waals surface area contributed by atoms with Gasteiger partial charge in [-0.3, -0.25) is 9.48 Å². The molecule has 19 heavy (non-hydrogen) atoms. The molecule has 0 aliphatic carbocycles. The van der Waals surface area contributed by atoms with Gasteiger partial charge in [0.05, 0.1) is 24.4 Å². The molecule has 1 rings (SSSR count). The molecule has 0 saturated heterocycles. The van der Waals surface area contributed by atoms with Gasteiger partial charge < -0.3 is 4.74 Å². The Bertz CT molecular complexity index is 391. The molecule has 0 bridgehead atoms. The lowest BCUT2D eigenvalue weighted by atomic mass is 10.1. The first-order chi connectivity index (χ1) is 9.20. The topological polar surface area (TPSA) is 44.1 Å². The average molecular weight is 287 g/mol. The molecule has 108 valence electrons. The Labute approximate surface area is 120 Å². The van der Waals surface area contributed by atoms with E-state index in [2.05, 4.69) is 12.0 Å². The van der Waals surface area contributed by atoms with Crippen LogP contribution < -0.4 is 0 Å². The molecule has 0 spiro atoms. The van der Waals surface area contributed by atoms with Crippen LogP contribution in [0.15, 0.2) is 6.20 Å². The summed E-state index contributed by atoms with van der Waals surface area (Å²) in [4.78, 5) is 12.2. The molecule has 1 aromatic heterocycles. The van der Waals surface area contributed by atoms with Gasteiger partial charge in [0, 0.05) is 13.5 Å². The summed E-state index contributed by atoms with van der Waals surface area (Å²) in [6.07, 6.45) is 7.74. The lowest BCUT2D eigenvalue weighted by Crippen LogP contribution is -2.14. The van der Waals surface area contributed by atoms with Crippen molar-refractivity contribution in [3.8, 4) is 0 Å². The zero-order valence-corrected chi connectivity index (χ0v) is 12.6. The number of ketones is 1. The van der Waals surface area contributed by atoms with Gasteiger partial charge in [-0.1, -0.05) is 44.2 Å². The van der Waals surface area contributed by atoms with Gasteiger partial charge in [0.1, 0.15) is 5.69 Å². The third-order valence-corrected chi connectivity index (χ3v) is 3.35. The van der Waals surface area contributed by atoms with Crippen LogP contribution >= 0.6 is 11.6 Å². The van der Waals surface area contributed by atoms with Crippen LogP contribution in [0.3, 0.4) is 0 Å². The maximum Gasteiger partial charge on any atom is 0.182 e. The van der Waals surface area contributed by atoms with E-state index >= 15 is 0 Å². The minimum absolute atomic E-state index is 0.0788. The highest BCUT2D eigenvalue weighted by atomic mass is 35.5. The van der Waals surface area contributed by atoms with Crippen molar-refractivity contribution in [1.29, 1.82) is 0 Å². The number of nitrogens with zero attached hydrogens (tertiary/aromatic N) is 2. The van der Waals surface area contributed by atoms with Crippen LogP contribution in [0.1, 0.15) is 55.9 Å². The normalized spacial score (nSPS) is 10.9. The molecule has 0 fully saturated rings. The second-order valence-corrected chi connectivity index (χ2v) is 5.05. The van der Waals surface area contributed by atoms with Crippen molar-refractivity contribution in [2.24, 2.45) is 0 Å². The van der Waals surface area contributed by atoms with Crippen LogP contribution in [0, 0.1) is 0 Å². The van der Waals surface area contributed by atoms with Crippen LogP contribution in [-0.4, -0.2) is 29.3 Å². The third kappa shape index (κ3) is 5.33. The third-order valence-electron chi connectivity index (χ3n) is 3.07. The molecule has 4 nitrogen and oxygen atoms in total. The molecule has 1 aromatic rings. The van der Waals surface area contributed by atoms with Gasteiger partial charge in [0.2, 0.25) is 0 Å². The van der Waals surface area contributed by atoms with Crippen molar-refractivity contribution in [1.82, 2.24) is 9.78 Å². The standard InChI is InChI=1S/C14H23ClN2O2/c1-3-4-5-6-7-8-13(18)14-12(15)11-16-17(14)9-10-19-2/h11H,3-10H2,1-2H3. The smallest absolute Gasteiger partial charge is 0.182 e. The second kappa shape index (κ2) is 9.10. The largest absolute Gasteiger partial charge is 0.383 e. The van der Waals surface area contributed by atoms with Gasteiger partial charge >= 0.3 is 0 Å². The number of aromatic nitrogens is 2. The van der Waals surface area contributed by atoms with Crippen molar-refractivity contribution in [2.45, 2.75) is 52.0 Å². The number of rotatable bonds is 10. The Hall–Kier alpha value is -0.870. The number of unbranched alkanes of at least 4 members (excludes halogenated alkanes) is 4. The summed E-state index contributed by atoms with van der Waals surface area (Å²) < 4.78 is 6.64. The predicted octanol–water partition coefficient (Wildman–Crippen LogP) is 3.73. The fraction of sp³-hybridized carbons (Fsp3) is 0.714. The number of hydrogen-bond acceptors (Lipinski definition) is 3. The maximum absolute atomic E-state index is 12.2.